The summed E-state index contributed by atoms with van der Waals surface area (Å²) in [6, 6.07) is 23.6. The smallest absolute Gasteiger partial charge is 0.307 e. The average Bonchev–Trinajstić information content (AvgIpc) is 3.32. The summed E-state index contributed by atoms with van der Waals surface area (Å²) in [6.07, 6.45) is 1.49. The number of hydrogen-bond acceptors (Lipinski definition) is 7. The molecule has 1 heterocycles. The van der Waals surface area contributed by atoms with Gasteiger partial charge in [-0.15, -0.1) is 0 Å². The molecule has 0 bridgehead atoms. The Morgan fingerprint density at radius 3 is 2.62 bits per heavy atom. The second-order valence-corrected chi connectivity index (χ2v) is 7.07. The summed E-state index contributed by atoms with van der Waals surface area (Å²) in [5, 5.41) is 13.6. The molecule has 4 rings (SSSR count). The van der Waals surface area contributed by atoms with E-state index in [1.165, 1.54) is 6.21 Å². The second kappa shape index (κ2) is 10.7. The van der Waals surface area contributed by atoms with Crippen LogP contribution in [0, 0.1) is 11.3 Å². The largest absolute Gasteiger partial charge is 0.493 e. The van der Waals surface area contributed by atoms with E-state index >= 15 is 0 Å². The van der Waals surface area contributed by atoms with Gasteiger partial charge in [0.15, 0.2) is 23.7 Å². The van der Waals surface area contributed by atoms with Gasteiger partial charge in [0.05, 0.1) is 13.3 Å². The number of amides is 1. The molecule has 0 unspecified atom stereocenters. The first-order valence-electron chi connectivity index (χ1n) is 10.4. The molecule has 0 aliphatic rings. The van der Waals surface area contributed by atoms with Crippen LogP contribution in [0.1, 0.15) is 21.7 Å². The average molecular weight is 455 g/mol. The molecule has 1 N–H and O–H groups in total. The molecule has 0 fully saturated rings. The summed E-state index contributed by atoms with van der Waals surface area (Å²) in [6.45, 7) is 0.192. The quantitative estimate of drug-likeness (QED) is 0.290. The Hall–Kier alpha value is -4.77. The zero-order chi connectivity index (χ0) is 23.8. The van der Waals surface area contributed by atoms with Crippen LogP contribution < -0.4 is 19.6 Å². The maximum atomic E-state index is 12.5. The summed E-state index contributed by atoms with van der Waals surface area (Å²) < 4.78 is 22.3. The molecule has 0 atom stereocenters. The number of hydrogen-bond donors (Lipinski definition) is 1. The Morgan fingerprint density at radius 2 is 1.79 bits per heavy atom. The number of hydrazone groups is 1. The third kappa shape index (κ3) is 5.16. The molecule has 1 aromatic heterocycles. The highest BCUT2D eigenvalue weighted by Crippen LogP contribution is 2.28. The third-order valence-electron chi connectivity index (χ3n) is 4.89. The van der Waals surface area contributed by atoms with Gasteiger partial charge in [0.25, 0.3) is 0 Å². The highest BCUT2D eigenvalue weighted by Gasteiger charge is 2.14. The SMILES string of the molecule is COc1cccc2cc(C(=O)N/N=C/c3ccccc3OCc3ccccc3OCC#N)oc12. The fourth-order valence-corrected chi connectivity index (χ4v) is 3.27. The Bertz CT molecular complexity index is 1370. The molecular weight excluding hydrogens is 434 g/mol. The number of ether oxygens (including phenoxy) is 3. The first kappa shape index (κ1) is 22.4. The molecule has 8 heteroatoms. The van der Waals surface area contributed by atoms with Crippen molar-refractivity contribution in [2.24, 2.45) is 5.10 Å². The van der Waals surface area contributed by atoms with Gasteiger partial charge in [0.2, 0.25) is 0 Å². The van der Waals surface area contributed by atoms with Crippen LogP contribution >= 0.6 is 0 Å². The van der Waals surface area contributed by atoms with Crippen molar-refractivity contribution in [3.05, 3.63) is 89.7 Å². The van der Waals surface area contributed by atoms with Gasteiger partial charge < -0.3 is 18.6 Å². The Labute approximate surface area is 196 Å². The molecule has 1 amide bonds. The van der Waals surface area contributed by atoms with Crippen molar-refractivity contribution in [1.29, 1.82) is 5.26 Å². The lowest BCUT2D eigenvalue weighted by Gasteiger charge is -2.12. The Balaban J connectivity index is 1.43. The number of carbonyl (C=O) groups is 1. The first-order valence-corrected chi connectivity index (χ1v) is 10.4. The summed E-state index contributed by atoms with van der Waals surface area (Å²) in [5.74, 6) is 1.34. The summed E-state index contributed by atoms with van der Waals surface area (Å²) in [4.78, 5) is 12.5. The van der Waals surface area contributed by atoms with Crippen LogP contribution in [0.5, 0.6) is 17.2 Å². The zero-order valence-corrected chi connectivity index (χ0v) is 18.4. The molecular formula is C26H21N3O5. The third-order valence-corrected chi connectivity index (χ3v) is 4.89. The lowest BCUT2D eigenvalue weighted by Crippen LogP contribution is -2.16. The predicted octanol–water partition coefficient (Wildman–Crippen LogP) is 4.69. The van der Waals surface area contributed by atoms with Crippen molar-refractivity contribution in [3.8, 4) is 23.3 Å². The number of nitrogens with one attached hydrogen (secondary N) is 1. The fourth-order valence-electron chi connectivity index (χ4n) is 3.27. The van der Waals surface area contributed by atoms with Crippen molar-refractivity contribution in [3.63, 3.8) is 0 Å². The number of furan rings is 1. The van der Waals surface area contributed by atoms with Crippen LogP contribution in [0.25, 0.3) is 11.0 Å². The van der Waals surface area contributed by atoms with Gasteiger partial charge in [0.1, 0.15) is 24.2 Å². The van der Waals surface area contributed by atoms with Crippen LogP contribution in [-0.4, -0.2) is 25.8 Å². The van der Waals surface area contributed by atoms with E-state index in [9.17, 15) is 4.79 Å². The van der Waals surface area contributed by atoms with Crippen LogP contribution in [0.3, 0.4) is 0 Å². The van der Waals surface area contributed by atoms with E-state index in [0.717, 1.165) is 10.9 Å². The molecule has 4 aromatic rings. The number of nitriles is 1. The van der Waals surface area contributed by atoms with E-state index < -0.39 is 5.91 Å². The normalized spacial score (nSPS) is 10.7. The van der Waals surface area contributed by atoms with Crippen LogP contribution in [0.2, 0.25) is 0 Å². The Kier molecular flexibility index (Phi) is 7.06. The van der Waals surface area contributed by atoms with Gasteiger partial charge in [-0.25, -0.2) is 5.43 Å². The van der Waals surface area contributed by atoms with E-state index in [2.05, 4.69) is 10.5 Å². The van der Waals surface area contributed by atoms with Gasteiger partial charge in [-0.2, -0.15) is 10.4 Å². The topological polar surface area (TPSA) is 106 Å². The molecule has 34 heavy (non-hydrogen) atoms. The number of rotatable bonds is 9. The van der Waals surface area contributed by atoms with Crippen molar-refractivity contribution in [2.45, 2.75) is 6.61 Å². The molecule has 0 saturated carbocycles. The molecule has 3 aromatic carbocycles. The Morgan fingerprint density at radius 1 is 1.03 bits per heavy atom. The highest BCUT2D eigenvalue weighted by atomic mass is 16.5. The fraction of sp³-hybridized carbons (Fsp3) is 0.115. The maximum Gasteiger partial charge on any atom is 0.307 e. The van der Waals surface area contributed by atoms with E-state index in [1.54, 1.807) is 31.4 Å². The van der Waals surface area contributed by atoms with Gasteiger partial charge in [0, 0.05) is 16.5 Å². The van der Waals surface area contributed by atoms with Gasteiger partial charge in [-0.3, -0.25) is 4.79 Å². The van der Waals surface area contributed by atoms with Crippen molar-refractivity contribution < 1.29 is 23.4 Å². The molecule has 0 aliphatic carbocycles. The van der Waals surface area contributed by atoms with E-state index in [0.29, 0.717) is 28.4 Å². The van der Waals surface area contributed by atoms with Gasteiger partial charge in [-0.1, -0.05) is 42.5 Å². The molecule has 8 nitrogen and oxygen atoms in total. The minimum atomic E-state index is -0.489. The lowest BCUT2D eigenvalue weighted by molar-refractivity contribution is 0.0929. The molecule has 0 saturated heterocycles. The minimum absolute atomic E-state index is 0.0437. The standard InChI is InChI=1S/C26H21N3O5/c1-31-23-12-6-9-18-15-24(34-25(18)23)26(30)29-28-16-19-7-2-4-10-21(19)33-17-20-8-3-5-11-22(20)32-14-13-27/h2-12,15-16H,14,17H2,1H3,(H,29,30)/b28-16+. The van der Waals surface area contributed by atoms with Crippen LogP contribution in [0.4, 0.5) is 0 Å². The van der Waals surface area contributed by atoms with Crippen molar-refractivity contribution >= 4 is 23.1 Å². The molecule has 0 radical (unpaired) electrons. The number of benzene rings is 3. The highest BCUT2D eigenvalue weighted by molar-refractivity contribution is 5.97. The minimum Gasteiger partial charge on any atom is -0.493 e. The summed E-state index contributed by atoms with van der Waals surface area (Å²) >= 11 is 0. The summed E-state index contributed by atoms with van der Waals surface area (Å²) in [5.41, 5.74) is 4.44. The van der Waals surface area contributed by atoms with Crippen LogP contribution in [-0.2, 0) is 6.61 Å². The van der Waals surface area contributed by atoms with Gasteiger partial charge in [-0.05, 0) is 30.3 Å². The number of nitrogens with zero attached hydrogens (tertiary/aromatic N) is 2. The number of methoxy groups -OCH3 is 1. The first-order chi connectivity index (χ1) is 16.7. The van der Waals surface area contributed by atoms with E-state index in [-0.39, 0.29) is 19.0 Å². The van der Waals surface area contributed by atoms with E-state index in [1.807, 2.05) is 54.6 Å². The molecule has 170 valence electrons. The monoisotopic (exact) mass is 455 g/mol. The zero-order valence-electron chi connectivity index (χ0n) is 18.4. The number of carbonyl (C=O) groups excluding carboxylic acids is 1. The van der Waals surface area contributed by atoms with E-state index in [4.69, 9.17) is 23.9 Å². The van der Waals surface area contributed by atoms with Crippen molar-refractivity contribution in [2.75, 3.05) is 13.7 Å². The number of para-hydroxylation sites is 3. The lowest BCUT2D eigenvalue weighted by atomic mass is 10.2. The molecule has 0 spiro atoms. The predicted molar refractivity (Wildman–Crippen MR) is 126 cm³/mol. The number of fused-ring (bicyclic) bond motifs is 1. The van der Waals surface area contributed by atoms with Crippen molar-refractivity contribution in [1.82, 2.24) is 5.43 Å². The summed E-state index contributed by atoms with van der Waals surface area (Å²) in [7, 11) is 1.54. The molecule has 0 aliphatic heterocycles. The second-order valence-electron chi connectivity index (χ2n) is 7.07. The van der Waals surface area contributed by atoms with Crippen LogP contribution in [0.15, 0.2) is 82.3 Å². The van der Waals surface area contributed by atoms with Gasteiger partial charge >= 0.3 is 5.91 Å². The maximum absolute atomic E-state index is 12.5.